The van der Waals surface area contributed by atoms with Crippen molar-refractivity contribution in [1.29, 1.82) is 0 Å². The number of aldehydes is 1. The molecule has 2 fully saturated rings. The summed E-state index contributed by atoms with van der Waals surface area (Å²) in [5.74, 6) is 1.16. The van der Waals surface area contributed by atoms with Crippen LogP contribution in [0.25, 0.3) is 6.08 Å². The number of hydrogen-bond acceptors (Lipinski definition) is 5. The van der Waals surface area contributed by atoms with Gasteiger partial charge in [-0.3, -0.25) is 9.80 Å². The maximum absolute atomic E-state index is 10.9. The lowest BCUT2D eigenvalue weighted by Crippen LogP contribution is -2.43. The van der Waals surface area contributed by atoms with Crippen molar-refractivity contribution in [2.45, 2.75) is 57.5 Å². The summed E-state index contributed by atoms with van der Waals surface area (Å²) in [5.41, 5.74) is 7.05. The van der Waals surface area contributed by atoms with E-state index in [-0.39, 0.29) is 0 Å². The Labute approximate surface area is 237 Å². The number of likely N-dealkylation sites (tertiary alicyclic amines) is 1. The van der Waals surface area contributed by atoms with Crippen LogP contribution < -0.4 is 5.32 Å². The highest BCUT2D eigenvalue weighted by atomic mass is 16.1. The third kappa shape index (κ3) is 9.11. The molecule has 1 N–H and O–H groups in total. The summed E-state index contributed by atoms with van der Waals surface area (Å²) >= 11 is 0. The van der Waals surface area contributed by atoms with E-state index in [1.165, 1.54) is 66.8 Å². The van der Waals surface area contributed by atoms with Crippen molar-refractivity contribution in [3.8, 4) is 0 Å². The molecule has 2 aliphatic rings. The van der Waals surface area contributed by atoms with Crippen LogP contribution in [0.5, 0.6) is 0 Å². The van der Waals surface area contributed by atoms with Crippen molar-refractivity contribution in [2.24, 2.45) is 5.92 Å². The number of benzene rings is 2. The van der Waals surface area contributed by atoms with E-state index in [1.807, 2.05) is 13.1 Å². The largest absolute Gasteiger partial charge is 0.319 e. The summed E-state index contributed by atoms with van der Waals surface area (Å²) in [6.07, 6.45) is 9.25. The molecule has 0 bridgehead atoms. The van der Waals surface area contributed by atoms with Crippen molar-refractivity contribution >= 4 is 12.4 Å². The molecule has 0 aromatic heterocycles. The van der Waals surface area contributed by atoms with Gasteiger partial charge in [-0.2, -0.15) is 0 Å². The first-order valence-electron chi connectivity index (χ1n) is 15.1. The van der Waals surface area contributed by atoms with Crippen LogP contribution >= 0.6 is 0 Å². The van der Waals surface area contributed by atoms with Crippen LogP contribution in [0.15, 0.2) is 49.0 Å². The molecular weight excluding hydrogens is 480 g/mol. The molecule has 0 radical (unpaired) electrons. The Hall–Kier alpha value is -2.31. The third-order valence-corrected chi connectivity index (χ3v) is 8.85. The monoisotopic (exact) mass is 530 g/mol. The maximum atomic E-state index is 10.9. The first-order valence-corrected chi connectivity index (χ1v) is 15.1. The SMILES string of the molecule is C=Cc1ccc(C2CCN(Cc3cccc(CN4CCN(C)CC4)c3)CC2)cc1CCC(CCC=O)CNC. The zero-order valence-corrected chi connectivity index (χ0v) is 24.4. The minimum absolute atomic E-state index is 0.532. The van der Waals surface area contributed by atoms with Crippen molar-refractivity contribution in [3.05, 3.63) is 76.9 Å². The first kappa shape index (κ1) is 29.7. The lowest BCUT2D eigenvalue weighted by molar-refractivity contribution is -0.108. The molecular formula is C34H50N4O. The molecule has 0 aliphatic carbocycles. The highest BCUT2D eigenvalue weighted by molar-refractivity contribution is 5.53. The topological polar surface area (TPSA) is 38.8 Å². The number of hydrogen-bond donors (Lipinski definition) is 1. The molecule has 2 aromatic rings. The number of piperazine rings is 1. The minimum Gasteiger partial charge on any atom is -0.319 e. The second-order valence-corrected chi connectivity index (χ2v) is 11.8. The number of likely N-dealkylation sites (N-methyl/N-ethyl adjacent to an activating group) is 1. The molecule has 0 saturated carbocycles. The molecule has 5 heteroatoms. The van der Waals surface area contributed by atoms with E-state index in [4.69, 9.17) is 0 Å². The summed E-state index contributed by atoms with van der Waals surface area (Å²) in [6, 6.07) is 16.3. The average molecular weight is 531 g/mol. The molecule has 2 aliphatic heterocycles. The van der Waals surface area contributed by atoms with Gasteiger partial charge in [-0.1, -0.05) is 55.1 Å². The Morgan fingerprint density at radius 2 is 1.64 bits per heavy atom. The number of carbonyl (C=O) groups is 1. The molecule has 2 saturated heterocycles. The number of aryl methyl sites for hydroxylation is 1. The highest BCUT2D eigenvalue weighted by Crippen LogP contribution is 2.31. The number of rotatable bonds is 14. The lowest BCUT2D eigenvalue weighted by atomic mass is 9.86. The number of carbonyl (C=O) groups excluding carboxylic acids is 1. The van der Waals surface area contributed by atoms with Crippen molar-refractivity contribution in [2.75, 3.05) is 59.9 Å². The van der Waals surface area contributed by atoms with E-state index < -0.39 is 0 Å². The normalized spacial score (nSPS) is 18.7. The zero-order chi connectivity index (χ0) is 27.5. The minimum atomic E-state index is 0.532. The van der Waals surface area contributed by atoms with E-state index in [0.29, 0.717) is 18.3 Å². The third-order valence-electron chi connectivity index (χ3n) is 8.85. The Balaban J connectivity index is 1.30. The van der Waals surface area contributed by atoms with Crippen molar-refractivity contribution in [1.82, 2.24) is 20.0 Å². The molecule has 1 unspecified atom stereocenters. The zero-order valence-electron chi connectivity index (χ0n) is 24.4. The fourth-order valence-electron chi connectivity index (χ4n) is 6.37. The van der Waals surface area contributed by atoms with Crippen LogP contribution in [0.2, 0.25) is 0 Å². The Kier molecular flexibility index (Phi) is 11.8. The number of nitrogens with zero attached hydrogens (tertiary/aromatic N) is 3. The van der Waals surface area contributed by atoms with E-state index in [1.54, 1.807) is 0 Å². The molecule has 39 heavy (non-hydrogen) atoms. The molecule has 0 amide bonds. The summed E-state index contributed by atoms with van der Waals surface area (Å²) in [7, 11) is 4.22. The van der Waals surface area contributed by atoms with Gasteiger partial charge in [0.25, 0.3) is 0 Å². The fraction of sp³-hybridized carbons (Fsp3) is 0.559. The Bertz CT molecular complexity index is 1040. The van der Waals surface area contributed by atoms with Crippen LogP contribution in [-0.4, -0.2) is 80.9 Å². The van der Waals surface area contributed by atoms with Crippen LogP contribution in [0, 0.1) is 5.92 Å². The quantitative estimate of drug-likeness (QED) is 0.340. The van der Waals surface area contributed by atoms with Crippen molar-refractivity contribution in [3.63, 3.8) is 0 Å². The van der Waals surface area contributed by atoms with Gasteiger partial charge in [0.05, 0.1) is 0 Å². The molecule has 0 spiro atoms. The van der Waals surface area contributed by atoms with Gasteiger partial charge >= 0.3 is 0 Å². The standard InChI is InChI=1S/C34H50N4O/c1-4-31-12-13-34(24-33(31)11-10-28(25-35-2)9-6-22-39)32-14-16-37(17-15-32)26-29-7-5-8-30(23-29)27-38-20-18-36(3)19-21-38/h4-5,7-8,12-13,22-24,28,32,35H,1,6,9-11,14-21,25-27H2,2-3H3. The first-order chi connectivity index (χ1) is 19.1. The van der Waals surface area contributed by atoms with Crippen LogP contribution in [-0.2, 0) is 24.3 Å². The molecule has 2 heterocycles. The van der Waals surface area contributed by atoms with Crippen molar-refractivity contribution < 1.29 is 4.79 Å². The van der Waals surface area contributed by atoms with Gasteiger partial charge in [0.15, 0.2) is 0 Å². The van der Waals surface area contributed by atoms with E-state index >= 15 is 0 Å². The van der Waals surface area contributed by atoms with Gasteiger partial charge in [-0.15, -0.1) is 0 Å². The summed E-state index contributed by atoms with van der Waals surface area (Å²) in [5, 5.41) is 3.30. The molecule has 1 atom stereocenters. The van der Waals surface area contributed by atoms with Gasteiger partial charge in [0.2, 0.25) is 0 Å². The fourth-order valence-corrected chi connectivity index (χ4v) is 6.37. The molecule has 212 valence electrons. The van der Waals surface area contributed by atoms with Gasteiger partial charge < -0.3 is 15.0 Å². The van der Waals surface area contributed by atoms with E-state index in [2.05, 4.69) is 76.1 Å². The maximum Gasteiger partial charge on any atom is 0.120 e. The molecule has 4 rings (SSSR count). The summed E-state index contributed by atoms with van der Waals surface area (Å²) in [6.45, 7) is 14.1. The van der Waals surface area contributed by atoms with Crippen LogP contribution in [0.1, 0.15) is 65.8 Å². The lowest BCUT2D eigenvalue weighted by Gasteiger charge is -2.33. The van der Waals surface area contributed by atoms with Crippen LogP contribution in [0.4, 0.5) is 0 Å². The summed E-state index contributed by atoms with van der Waals surface area (Å²) < 4.78 is 0. The number of nitrogens with one attached hydrogen (secondary N) is 1. The van der Waals surface area contributed by atoms with Gasteiger partial charge in [0, 0.05) is 45.7 Å². The van der Waals surface area contributed by atoms with E-state index in [9.17, 15) is 4.79 Å². The highest BCUT2D eigenvalue weighted by Gasteiger charge is 2.22. The van der Waals surface area contributed by atoms with Gasteiger partial charge in [-0.25, -0.2) is 0 Å². The van der Waals surface area contributed by atoms with Crippen LogP contribution in [0.3, 0.4) is 0 Å². The number of piperidine rings is 1. The average Bonchev–Trinajstić information content (AvgIpc) is 2.96. The Morgan fingerprint density at radius 1 is 0.949 bits per heavy atom. The predicted molar refractivity (Wildman–Crippen MR) is 164 cm³/mol. The smallest absolute Gasteiger partial charge is 0.120 e. The second-order valence-electron chi connectivity index (χ2n) is 11.8. The molecule has 2 aromatic carbocycles. The second kappa shape index (κ2) is 15.5. The van der Waals surface area contributed by atoms with Gasteiger partial charge in [-0.05, 0) is 105 Å². The predicted octanol–water partition coefficient (Wildman–Crippen LogP) is 5.20. The molecule has 5 nitrogen and oxygen atoms in total. The van der Waals surface area contributed by atoms with E-state index in [0.717, 1.165) is 58.3 Å². The Morgan fingerprint density at radius 3 is 2.28 bits per heavy atom. The van der Waals surface area contributed by atoms with Gasteiger partial charge in [0.1, 0.15) is 6.29 Å². The summed E-state index contributed by atoms with van der Waals surface area (Å²) in [4.78, 5) is 18.5.